The summed E-state index contributed by atoms with van der Waals surface area (Å²) in [4.78, 5) is 0. The topological polar surface area (TPSA) is 39.4 Å². The minimum absolute atomic E-state index is 1.20. The second-order valence-corrected chi connectivity index (χ2v) is 28.5. The van der Waals surface area contributed by atoms with Crippen molar-refractivity contribution >= 4 is 174 Å². The number of benzene rings is 16. The van der Waals surface area contributed by atoms with E-state index in [0.717, 1.165) is 0 Å². The van der Waals surface area contributed by atoms with Gasteiger partial charge in [-0.2, -0.15) is 0 Å². The van der Waals surface area contributed by atoms with Crippen LogP contribution in [-0.4, -0.2) is 36.5 Å². The minimum atomic E-state index is 1.20. The number of rotatable bonds is 4. The fourth-order valence-corrected chi connectivity index (χ4v) is 18.1. The second kappa shape index (κ2) is 24.8. The Kier molecular flexibility index (Phi) is 14.3. The van der Waals surface area contributed by atoms with Crippen LogP contribution in [-0.2, 0) is 28.2 Å². The highest BCUT2D eigenvalue weighted by molar-refractivity contribution is 6.27. The maximum absolute atomic E-state index is 2.42. The van der Waals surface area contributed by atoms with Crippen molar-refractivity contribution < 1.29 is 0 Å². The first kappa shape index (κ1) is 62.5. The largest absolute Gasteiger partial charge is 0.344 e. The lowest BCUT2D eigenvalue weighted by Gasteiger charge is -2.09. The maximum atomic E-state index is 2.42. The van der Waals surface area contributed by atoms with Crippen molar-refractivity contribution in [2.75, 3.05) is 0 Å². The zero-order valence-electron chi connectivity index (χ0n) is 60.2. The van der Waals surface area contributed by atoms with Crippen molar-refractivity contribution in [3.63, 3.8) is 0 Å². The Morgan fingerprint density at radius 1 is 0.139 bits per heavy atom. The smallest absolute Gasteiger partial charge is 0.0785 e. The Balaban J connectivity index is 0.0000000919. The molecular formula is C100H72N8. The van der Waals surface area contributed by atoms with Crippen LogP contribution in [0.1, 0.15) is 0 Å². The van der Waals surface area contributed by atoms with Gasteiger partial charge in [0.15, 0.2) is 0 Å². The van der Waals surface area contributed by atoms with Crippen LogP contribution in [0.2, 0.25) is 0 Å². The molecule has 0 saturated heterocycles. The number of fused-ring (bicyclic) bond motifs is 26. The lowest BCUT2D eigenvalue weighted by Crippen LogP contribution is -1.96. The van der Waals surface area contributed by atoms with Gasteiger partial charge in [0.05, 0.1) is 60.7 Å². The molecule has 0 amide bonds. The molecule has 0 unspecified atom stereocenters. The molecule has 0 N–H and O–H groups in total. The van der Waals surface area contributed by atoms with Gasteiger partial charge in [0, 0.05) is 165 Å². The molecule has 24 aromatic rings. The van der Waals surface area contributed by atoms with Crippen molar-refractivity contribution in [2.45, 2.75) is 0 Å². The number of para-hydroxylation sites is 12. The second-order valence-electron chi connectivity index (χ2n) is 28.5. The Morgan fingerprint density at radius 2 is 0.398 bits per heavy atom. The van der Waals surface area contributed by atoms with Crippen LogP contribution in [0.4, 0.5) is 0 Å². The summed E-state index contributed by atoms with van der Waals surface area (Å²) in [5, 5.41) is 20.9. The molecule has 512 valence electrons. The van der Waals surface area contributed by atoms with Crippen molar-refractivity contribution in [3.8, 4) is 22.7 Å². The van der Waals surface area contributed by atoms with Crippen LogP contribution in [0.5, 0.6) is 0 Å². The van der Waals surface area contributed by atoms with Crippen molar-refractivity contribution in [2.24, 2.45) is 28.2 Å². The van der Waals surface area contributed by atoms with E-state index in [2.05, 4.69) is 429 Å². The molecule has 0 radical (unpaired) electrons. The Hall–Kier alpha value is -14.1. The zero-order valence-corrected chi connectivity index (χ0v) is 60.2. The average Bonchev–Trinajstić information content (AvgIpc) is 1.57. The van der Waals surface area contributed by atoms with Gasteiger partial charge in [-0.05, 0) is 127 Å². The lowest BCUT2D eigenvalue weighted by atomic mass is 10.1. The number of aromatic nitrogens is 8. The fraction of sp³-hybridized carbons (Fsp3) is 0.0400. The fourth-order valence-electron chi connectivity index (χ4n) is 18.1. The summed E-state index contributed by atoms with van der Waals surface area (Å²) in [6.07, 6.45) is 0. The van der Waals surface area contributed by atoms with Crippen LogP contribution >= 0.6 is 0 Å². The third-order valence-corrected chi connectivity index (χ3v) is 22.9. The number of nitrogens with zero attached hydrogens (tertiary/aromatic N) is 8. The first-order valence-electron chi connectivity index (χ1n) is 37.2. The van der Waals surface area contributed by atoms with Gasteiger partial charge in [0.25, 0.3) is 0 Å². The average molecular weight is 1390 g/mol. The van der Waals surface area contributed by atoms with Crippen LogP contribution < -0.4 is 0 Å². The standard InChI is InChI=1S/4C25H18N2/c1-26-21-13-7-6-12-20(21)24-23(26)16-15-19-18-11-5-8-14-22(18)27(25(19)24)17-9-3-2-4-10-17;1-26-22-13-7-5-11-18(22)20-16-25-21(15-24(20)26)19-12-6-8-14-23(19)27(25)17-9-3-2-4-10-17;1-26-22-13-7-5-11-18(22)20-15-21-19-12-6-8-14-23(19)27(25(21)16-24(20)26)17-9-3-2-4-10-17;1-26-22-13-7-5-11-18(22)20-15-16-21-19-12-6-8-14-23(19)27(25(21)24(20)26)17-9-3-2-4-10-17/h4*2-16H,1H3. The van der Waals surface area contributed by atoms with Gasteiger partial charge in [0.2, 0.25) is 0 Å². The van der Waals surface area contributed by atoms with Crippen LogP contribution in [0, 0.1) is 0 Å². The van der Waals surface area contributed by atoms with E-state index in [1.807, 2.05) is 0 Å². The predicted molar refractivity (Wildman–Crippen MR) is 459 cm³/mol. The molecule has 8 heteroatoms. The Morgan fingerprint density at radius 3 is 0.861 bits per heavy atom. The van der Waals surface area contributed by atoms with Gasteiger partial charge < -0.3 is 36.5 Å². The van der Waals surface area contributed by atoms with E-state index < -0.39 is 0 Å². The number of aryl methyl sites for hydroxylation is 4. The molecule has 8 aromatic heterocycles. The molecule has 0 aliphatic rings. The van der Waals surface area contributed by atoms with Crippen LogP contribution in [0.3, 0.4) is 0 Å². The molecule has 8 nitrogen and oxygen atoms in total. The van der Waals surface area contributed by atoms with Gasteiger partial charge >= 0.3 is 0 Å². The summed E-state index contributed by atoms with van der Waals surface area (Å²) in [6.45, 7) is 0. The summed E-state index contributed by atoms with van der Waals surface area (Å²) in [5.41, 5.74) is 25.0. The van der Waals surface area contributed by atoms with Gasteiger partial charge in [-0.3, -0.25) is 0 Å². The quantitative estimate of drug-likeness (QED) is 0.168. The highest BCUT2D eigenvalue weighted by atomic mass is 15.0. The maximum Gasteiger partial charge on any atom is 0.0785 e. The monoisotopic (exact) mass is 1380 g/mol. The van der Waals surface area contributed by atoms with E-state index in [0.29, 0.717) is 0 Å². The van der Waals surface area contributed by atoms with Gasteiger partial charge in [0.1, 0.15) is 0 Å². The molecule has 0 saturated carbocycles. The van der Waals surface area contributed by atoms with Gasteiger partial charge in [-0.1, -0.05) is 237 Å². The number of hydrogen-bond acceptors (Lipinski definition) is 0. The Labute approximate surface area is 622 Å². The summed E-state index contributed by atoms with van der Waals surface area (Å²) in [7, 11) is 8.65. The molecule has 8 heterocycles. The first-order valence-corrected chi connectivity index (χ1v) is 37.2. The lowest BCUT2D eigenvalue weighted by molar-refractivity contribution is 1.01. The molecular weight excluding hydrogens is 1310 g/mol. The van der Waals surface area contributed by atoms with E-state index in [4.69, 9.17) is 0 Å². The molecule has 0 atom stereocenters. The molecule has 0 aliphatic carbocycles. The van der Waals surface area contributed by atoms with Crippen LogP contribution in [0.25, 0.3) is 197 Å². The van der Waals surface area contributed by atoms with Crippen molar-refractivity contribution in [1.82, 2.24) is 36.5 Å². The van der Waals surface area contributed by atoms with E-state index in [1.165, 1.54) is 197 Å². The van der Waals surface area contributed by atoms with Crippen molar-refractivity contribution in [3.05, 3.63) is 364 Å². The molecule has 24 rings (SSSR count). The predicted octanol–water partition coefficient (Wildman–Crippen LogP) is 25.7. The van der Waals surface area contributed by atoms with E-state index in [1.54, 1.807) is 0 Å². The van der Waals surface area contributed by atoms with Gasteiger partial charge in [-0.15, -0.1) is 0 Å². The Bertz CT molecular complexity index is 7650. The molecule has 0 bridgehead atoms. The first-order chi connectivity index (χ1) is 53.3. The molecule has 0 aliphatic heterocycles. The van der Waals surface area contributed by atoms with E-state index in [9.17, 15) is 0 Å². The number of hydrogen-bond donors (Lipinski definition) is 0. The zero-order chi connectivity index (χ0) is 71.8. The summed E-state index contributed by atoms with van der Waals surface area (Å²) in [6, 6.07) is 131. The molecule has 16 aromatic carbocycles. The molecule has 108 heavy (non-hydrogen) atoms. The van der Waals surface area contributed by atoms with E-state index >= 15 is 0 Å². The highest BCUT2D eigenvalue weighted by Crippen LogP contribution is 2.45. The highest BCUT2D eigenvalue weighted by Gasteiger charge is 2.23. The third kappa shape index (κ3) is 9.43. The molecule has 0 fully saturated rings. The SMILES string of the molecule is Cn1c2ccccc2c2c1ccc1c3ccccc3n(-c3ccccc3)c12.Cn1c2ccccc2c2cc3c(cc21)c1ccccc1n3-c1ccccc1.Cn1c2ccccc2c2cc3c4ccccc4n(-c4ccccc4)c3cc21.Cn1c2ccccc2c2ccc3c4ccccc4n(-c4ccccc4)c3c21. The van der Waals surface area contributed by atoms with E-state index in [-0.39, 0.29) is 0 Å². The van der Waals surface area contributed by atoms with Gasteiger partial charge in [-0.25, -0.2) is 0 Å². The van der Waals surface area contributed by atoms with Crippen molar-refractivity contribution in [1.29, 1.82) is 0 Å². The molecule has 0 spiro atoms. The third-order valence-electron chi connectivity index (χ3n) is 22.9. The minimum Gasteiger partial charge on any atom is -0.344 e. The summed E-state index contributed by atoms with van der Waals surface area (Å²) < 4.78 is 18.8. The van der Waals surface area contributed by atoms with Crippen LogP contribution in [0.15, 0.2) is 364 Å². The summed E-state index contributed by atoms with van der Waals surface area (Å²) >= 11 is 0. The summed E-state index contributed by atoms with van der Waals surface area (Å²) in [5.74, 6) is 0. The normalized spacial score (nSPS) is 11.9.